The number of fused-ring (bicyclic) bond motifs is 1. The summed E-state index contributed by atoms with van der Waals surface area (Å²) < 4.78 is 63.7. The second-order valence-electron chi connectivity index (χ2n) is 17.6. The predicted molar refractivity (Wildman–Crippen MR) is 239 cm³/mol. The maximum Gasteiger partial charge on any atom is 0.434 e. The molecule has 0 radical (unpaired) electrons. The van der Waals surface area contributed by atoms with E-state index in [0.29, 0.717) is 41.7 Å². The molecule has 0 spiro atoms. The molecule has 4 aliphatic rings. The third kappa shape index (κ3) is 9.59. The van der Waals surface area contributed by atoms with E-state index in [1.807, 2.05) is 17.0 Å². The molecule has 2 saturated heterocycles. The number of imidazole rings is 1. The van der Waals surface area contributed by atoms with Gasteiger partial charge >= 0.3 is 12.2 Å². The summed E-state index contributed by atoms with van der Waals surface area (Å²) in [4.78, 5) is 83.8. The van der Waals surface area contributed by atoms with Crippen molar-refractivity contribution < 1.29 is 46.6 Å². The summed E-state index contributed by atoms with van der Waals surface area (Å²) in [6, 6.07) is 7.83. The van der Waals surface area contributed by atoms with Gasteiger partial charge in [-0.1, -0.05) is 24.3 Å². The van der Waals surface area contributed by atoms with Crippen LogP contribution >= 0.6 is 0 Å². The van der Waals surface area contributed by atoms with E-state index in [-0.39, 0.29) is 92.7 Å². The number of aliphatic hydroxyl groups is 1. The van der Waals surface area contributed by atoms with Crippen LogP contribution in [-0.2, 0) is 22.3 Å². The minimum Gasteiger partial charge on any atom is -0.480 e. The first-order valence-corrected chi connectivity index (χ1v) is 22.6. The topological polar surface area (TPSA) is 217 Å². The predicted octanol–water partition coefficient (Wildman–Crippen LogP) is 5.00. The standard InChI is InChI=1S/C46H49F4N13O6/c1-25(2)62-22-34(46(48,49)50)56-39(62)28-7-5-26(6-8-28)21-61(44-55-24-53-38(58-44)36-37(27-9-10-27)52-23-54-41(36)69-3)14-4-13-51-45(68)60-17-15-59(16-18-60)33-20-30-29(19-31(33)47)42(66)63(43(30)67)32-11-12-35(64)57-40(32)65/h5-8,19-20,22-25,27,32,43,67H,4,9-18,21H2,1-3H3,(H,51,68)(H,57,64,65). The highest BCUT2D eigenvalue weighted by Gasteiger charge is 2.45. The Morgan fingerprint density at radius 2 is 1.72 bits per heavy atom. The largest absolute Gasteiger partial charge is 0.480 e. The van der Waals surface area contributed by atoms with Gasteiger partial charge in [0.15, 0.2) is 17.7 Å². The van der Waals surface area contributed by atoms with Gasteiger partial charge in [0.1, 0.15) is 35.9 Å². The average molecular weight is 956 g/mol. The van der Waals surface area contributed by atoms with Crippen LogP contribution in [-0.4, -0.2) is 126 Å². The smallest absolute Gasteiger partial charge is 0.434 e. The number of nitrogens with zero attached hydrogens (tertiary/aromatic N) is 11. The number of hydrogen-bond acceptors (Lipinski definition) is 14. The van der Waals surface area contributed by atoms with E-state index >= 15 is 4.39 Å². The van der Waals surface area contributed by atoms with Gasteiger partial charge in [-0.2, -0.15) is 18.2 Å². The molecule has 3 aromatic heterocycles. The molecule has 5 amide bonds. The number of benzene rings is 2. The number of nitrogens with one attached hydrogen (secondary N) is 2. The molecule has 3 N–H and O–H groups in total. The summed E-state index contributed by atoms with van der Waals surface area (Å²) in [7, 11) is 1.51. The molecule has 1 saturated carbocycles. The summed E-state index contributed by atoms with van der Waals surface area (Å²) in [6.45, 7) is 5.45. The molecule has 2 unspecified atom stereocenters. The molecule has 3 aliphatic heterocycles. The number of piperazine rings is 1. The van der Waals surface area contributed by atoms with Crippen LogP contribution in [0.4, 0.5) is 34.0 Å². The van der Waals surface area contributed by atoms with Gasteiger partial charge in [0.25, 0.3) is 5.91 Å². The number of ether oxygens (including phenoxy) is 1. The van der Waals surface area contributed by atoms with Crippen LogP contribution in [0.5, 0.6) is 5.88 Å². The number of urea groups is 1. The van der Waals surface area contributed by atoms with Crippen LogP contribution in [0.25, 0.3) is 22.8 Å². The van der Waals surface area contributed by atoms with Crippen LogP contribution in [0.2, 0.25) is 0 Å². The van der Waals surface area contributed by atoms with Crippen LogP contribution in [0.15, 0.2) is 55.2 Å². The number of hydrogen-bond donors (Lipinski definition) is 3. The number of halogens is 4. The zero-order valence-electron chi connectivity index (χ0n) is 37.9. The zero-order valence-corrected chi connectivity index (χ0v) is 37.9. The van der Waals surface area contributed by atoms with E-state index in [2.05, 4.69) is 35.6 Å². The van der Waals surface area contributed by atoms with E-state index < -0.39 is 47.7 Å². The van der Waals surface area contributed by atoms with Crippen molar-refractivity contribution in [2.45, 2.75) is 82.9 Å². The van der Waals surface area contributed by atoms with E-state index in [1.54, 1.807) is 35.8 Å². The number of carbonyl (C=O) groups excluding carboxylic acids is 4. The Balaban J connectivity index is 0.865. The van der Waals surface area contributed by atoms with Gasteiger partial charge in [0, 0.05) is 81.5 Å². The molecular formula is C46H49F4N13O6. The summed E-state index contributed by atoms with van der Waals surface area (Å²) in [5, 5.41) is 16.3. The Labute approximate surface area is 392 Å². The molecule has 1 aliphatic carbocycles. The second-order valence-corrected chi connectivity index (χ2v) is 17.6. The molecule has 19 nitrogen and oxygen atoms in total. The number of amides is 5. The molecule has 2 aromatic carbocycles. The molecule has 6 heterocycles. The van der Waals surface area contributed by atoms with Gasteiger partial charge in [0.2, 0.25) is 23.6 Å². The van der Waals surface area contributed by atoms with Crippen LogP contribution in [0.3, 0.4) is 0 Å². The summed E-state index contributed by atoms with van der Waals surface area (Å²) in [5.74, 6) is -1.19. The molecule has 9 rings (SSSR count). The Hall–Kier alpha value is -7.30. The summed E-state index contributed by atoms with van der Waals surface area (Å²) in [5.41, 5.74) is 1.92. The van der Waals surface area contributed by atoms with Crippen molar-refractivity contribution in [2.24, 2.45) is 0 Å². The lowest BCUT2D eigenvalue weighted by molar-refractivity contribution is -0.141. The number of piperidine rings is 1. The molecule has 362 valence electrons. The van der Waals surface area contributed by atoms with Crippen molar-refractivity contribution in [2.75, 3.05) is 56.2 Å². The highest BCUT2D eigenvalue weighted by Crippen LogP contribution is 2.45. The average Bonchev–Trinajstić information content (AvgIpc) is 4.03. The molecule has 3 fully saturated rings. The molecular weight excluding hydrogens is 907 g/mol. The van der Waals surface area contributed by atoms with Crippen molar-refractivity contribution in [3.8, 4) is 28.7 Å². The Bertz CT molecular complexity index is 2780. The first kappa shape index (κ1) is 46.8. The van der Waals surface area contributed by atoms with Gasteiger partial charge in [-0.25, -0.2) is 34.1 Å². The lowest BCUT2D eigenvalue weighted by Gasteiger charge is -2.36. The van der Waals surface area contributed by atoms with Crippen LogP contribution in [0, 0.1) is 5.82 Å². The van der Waals surface area contributed by atoms with E-state index in [1.165, 1.54) is 30.4 Å². The Morgan fingerprint density at radius 3 is 2.41 bits per heavy atom. The van der Waals surface area contributed by atoms with Crippen molar-refractivity contribution in [1.29, 1.82) is 0 Å². The molecule has 23 heteroatoms. The molecule has 2 atom stereocenters. The number of anilines is 2. The Morgan fingerprint density at radius 1 is 0.986 bits per heavy atom. The van der Waals surface area contributed by atoms with Crippen molar-refractivity contribution in [3.63, 3.8) is 0 Å². The fraction of sp³-hybridized carbons (Fsp3) is 0.435. The van der Waals surface area contributed by atoms with Gasteiger partial charge < -0.3 is 34.4 Å². The van der Waals surface area contributed by atoms with E-state index in [9.17, 15) is 37.5 Å². The molecule has 69 heavy (non-hydrogen) atoms. The molecule has 0 bridgehead atoms. The normalized spacial score (nSPS) is 18.4. The summed E-state index contributed by atoms with van der Waals surface area (Å²) in [6.07, 6.45) is 0.136. The third-order valence-electron chi connectivity index (χ3n) is 12.7. The third-order valence-corrected chi connectivity index (χ3v) is 12.7. The van der Waals surface area contributed by atoms with E-state index in [4.69, 9.17) is 9.72 Å². The second kappa shape index (κ2) is 19.0. The maximum absolute atomic E-state index is 15.6. The van der Waals surface area contributed by atoms with Gasteiger partial charge in [0.05, 0.1) is 24.1 Å². The van der Waals surface area contributed by atoms with E-state index in [0.717, 1.165) is 41.3 Å². The van der Waals surface area contributed by atoms with Crippen molar-refractivity contribution in [3.05, 3.63) is 89.1 Å². The highest BCUT2D eigenvalue weighted by molar-refractivity contribution is 6.06. The maximum atomic E-state index is 15.6. The Kier molecular flexibility index (Phi) is 12.9. The number of aromatic nitrogens is 7. The zero-order chi connectivity index (χ0) is 48.7. The lowest BCUT2D eigenvalue weighted by Crippen LogP contribution is -2.53. The quantitative estimate of drug-likeness (QED) is 0.0759. The summed E-state index contributed by atoms with van der Waals surface area (Å²) >= 11 is 0. The number of methoxy groups -OCH3 is 1. The first-order valence-electron chi connectivity index (χ1n) is 22.6. The number of imide groups is 1. The van der Waals surface area contributed by atoms with Crippen molar-refractivity contribution in [1.82, 2.24) is 54.9 Å². The first-order chi connectivity index (χ1) is 33.1. The van der Waals surface area contributed by atoms with Gasteiger partial charge in [-0.05, 0) is 57.2 Å². The minimum absolute atomic E-state index is 0.00401. The van der Waals surface area contributed by atoms with Gasteiger partial charge in [-0.15, -0.1) is 0 Å². The fourth-order valence-corrected chi connectivity index (χ4v) is 8.95. The molecule has 5 aromatic rings. The number of aliphatic hydroxyl groups excluding tert-OH is 1. The minimum atomic E-state index is -4.60. The van der Waals surface area contributed by atoms with Gasteiger partial charge in [-0.3, -0.25) is 24.6 Å². The van der Waals surface area contributed by atoms with Crippen LogP contribution in [0.1, 0.15) is 97.0 Å². The number of alkyl halides is 3. The monoisotopic (exact) mass is 955 g/mol. The fourth-order valence-electron chi connectivity index (χ4n) is 8.95. The van der Waals surface area contributed by atoms with Crippen LogP contribution < -0.4 is 25.2 Å². The lowest BCUT2D eigenvalue weighted by atomic mass is 10.0. The van der Waals surface area contributed by atoms with Crippen molar-refractivity contribution >= 4 is 35.4 Å². The highest BCUT2D eigenvalue weighted by atomic mass is 19.4. The number of carbonyl (C=O) groups is 4. The SMILES string of the molecule is COc1ncnc(C2CC2)c1-c1ncnc(N(CCCNC(=O)N2CCN(c3cc4c(cc3F)C(=O)N(C3CCC(=O)NC3=O)C4O)CC2)Cc2ccc(-c3nc(C(F)(F)F)cn3C(C)C)cc2)n1. The number of rotatable bonds is 14.